The van der Waals surface area contributed by atoms with Gasteiger partial charge in [0, 0.05) is 19.3 Å². The second-order valence-electron chi connectivity index (χ2n) is 4.14. The van der Waals surface area contributed by atoms with Crippen molar-refractivity contribution in [3.63, 3.8) is 0 Å². The summed E-state index contributed by atoms with van der Waals surface area (Å²) in [5, 5.41) is 23.3. The van der Waals surface area contributed by atoms with Crippen molar-refractivity contribution in [3.05, 3.63) is 40.6 Å². The zero-order valence-corrected chi connectivity index (χ0v) is 11.5. The molecular weight excluding hydrogens is 290 g/mol. The molecule has 3 aromatic heterocycles. The predicted molar refractivity (Wildman–Crippen MR) is 73.0 cm³/mol. The fourth-order valence-electron chi connectivity index (χ4n) is 1.71. The Labute approximate surface area is 124 Å². The Morgan fingerprint density at radius 1 is 1.50 bits per heavy atom. The van der Waals surface area contributed by atoms with Crippen LogP contribution in [0, 0.1) is 0 Å². The molecule has 0 saturated carbocycles. The van der Waals surface area contributed by atoms with E-state index in [2.05, 4.69) is 37.5 Å². The summed E-state index contributed by atoms with van der Waals surface area (Å²) in [4.78, 5) is 12.0. The SMILES string of the molecule is [3H]n1ccc(OCc2c(C=C)nnnc2-n2nnn(C)c2=O)n1. The fourth-order valence-corrected chi connectivity index (χ4v) is 1.71. The molecule has 0 unspecified atom stereocenters. The summed E-state index contributed by atoms with van der Waals surface area (Å²) in [5.41, 5.74) is 0.340. The van der Waals surface area contributed by atoms with Crippen LogP contribution < -0.4 is 10.4 Å². The predicted octanol–water partition coefficient (Wildman–Crippen LogP) is -0.904. The number of nitrogens with zero attached hydrogens (tertiary/aromatic N) is 8. The van der Waals surface area contributed by atoms with Crippen LogP contribution in [0.5, 0.6) is 5.88 Å². The molecule has 11 nitrogen and oxygen atoms in total. The maximum atomic E-state index is 12.0. The van der Waals surface area contributed by atoms with Crippen LogP contribution >= 0.6 is 0 Å². The van der Waals surface area contributed by atoms with Gasteiger partial charge in [0.05, 0.1) is 11.3 Å². The highest BCUT2D eigenvalue weighted by Gasteiger charge is 2.18. The number of aromatic amines is 1. The minimum Gasteiger partial charge on any atom is -0.472 e. The summed E-state index contributed by atoms with van der Waals surface area (Å²) >= 11 is 0. The van der Waals surface area contributed by atoms with Gasteiger partial charge in [-0.15, -0.1) is 20.0 Å². The van der Waals surface area contributed by atoms with Crippen LogP contribution in [0.2, 0.25) is 1.41 Å². The maximum absolute atomic E-state index is 12.0. The van der Waals surface area contributed by atoms with Gasteiger partial charge in [0.15, 0.2) is 7.23 Å². The number of nitrogens with one attached hydrogen (secondary N) is 1. The normalized spacial score (nSPS) is 11.2. The lowest BCUT2D eigenvalue weighted by Crippen LogP contribution is -2.25. The molecule has 0 aliphatic heterocycles. The van der Waals surface area contributed by atoms with Gasteiger partial charge in [0.1, 0.15) is 6.61 Å². The standard InChI is InChI=1S/C11H11N9O2/c1-3-8-7(6-22-9-4-5-12-14-9)10(15-16-13-8)20-11(21)19(2)17-18-20/h3-5H,1,6H2,2H3,(H,12,14)/i/hT. The van der Waals surface area contributed by atoms with E-state index >= 15 is 0 Å². The van der Waals surface area contributed by atoms with Gasteiger partial charge < -0.3 is 4.74 Å². The third kappa shape index (κ3) is 2.34. The first-order valence-corrected chi connectivity index (χ1v) is 6.12. The van der Waals surface area contributed by atoms with E-state index in [1.54, 1.807) is 0 Å². The molecule has 0 fully saturated rings. The molecule has 3 rings (SSSR count). The van der Waals surface area contributed by atoms with Gasteiger partial charge in [-0.1, -0.05) is 6.58 Å². The number of H-pyrrole nitrogens is 1. The summed E-state index contributed by atoms with van der Waals surface area (Å²) in [5.74, 6) is 0.377. The Kier molecular flexibility index (Phi) is 3.12. The molecule has 0 saturated heterocycles. The summed E-state index contributed by atoms with van der Waals surface area (Å²) in [7, 11) is 1.46. The van der Waals surface area contributed by atoms with Gasteiger partial charge in [-0.25, -0.2) is 4.79 Å². The van der Waals surface area contributed by atoms with Crippen molar-refractivity contribution in [2.75, 3.05) is 0 Å². The second kappa shape index (κ2) is 5.55. The zero-order chi connectivity index (χ0) is 16.4. The summed E-state index contributed by atoms with van der Waals surface area (Å²) < 4.78 is 14.8. The number of hydrogen-bond acceptors (Lipinski definition) is 8. The molecule has 0 atom stereocenters. The van der Waals surface area contributed by atoms with Crippen molar-refractivity contribution in [3.8, 4) is 11.7 Å². The molecule has 3 heterocycles. The van der Waals surface area contributed by atoms with Crippen LogP contribution in [-0.4, -0.2) is 45.4 Å². The molecule has 112 valence electrons. The Bertz CT molecular complexity index is 912. The number of tetrazole rings is 1. The number of aromatic nitrogens is 9. The number of hydrogen-bond donors (Lipinski definition) is 1. The molecule has 0 radical (unpaired) electrons. The van der Waals surface area contributed by atoms with Crippen molar-refractivity contribution in [2.24, 2.45) is 7.05 Å². The third-order valence-electron chi connectivity index (χ3n) is 2.79. The molecule has 1 N–H and O–H groups in total. The van der Waals surface area contributed by atoms with E-state index in [9.17, 15) is 4.79 Å². The van der Waals surface area contributed by atoms with Crippen LogP contribution in [-0.2, 0) is 13.7 Å². The molecule has 3 aromatic rings. The van der Waals surface area contributed by atoms with Crippen molar-refractivity contribution in [1.29, 1.82) is 0 Å². The van der Waals surface area contributed by atoms with Gasteiger partial charge in [-0.05, 0) is 21.7 Å². The first-order chi connectivity index (χ1) is 11.1. The molecule has 0 amide bonds. The van der Waals surface area contributed by atoms with E-state index < -0.39 is 5.69 Å². The molecule has 0 aliphatic rings. The summed E-state index contributed by atoms with van der Waals surface area (Å²) in [6.07, 6.45) is 2.88. The van der Waals surface area contributed by atoms with Crippen molar-refractivity contribution in [1.82, 2.24) is 45.4 Å². The van der Waals surface area contributed by atoms with Gasteiger partial charge >= 0.3 is 5.69 Å². The molecule has 11 heteroatoms. The third-order valence-corrected chi connectivity index (χ3v) is 2.79. The average molecular weight is 303 g/mol. The monoisotopic (exact) mass is 303 g/mol. The highest BCUT2D eigenvalue weighted by molar-refractivity contribution is 5.50. The number of aryl methyl sites for hydroxylation is 1. The van der Waals surface area contributed by atoms with Crippen LogP contribution in [0.25, 0.3) is 11.9 Å². The van der Waals surface area contributed by atoms with Gasteiger partial charge in [0.2, 0.25) is 5.88 Å². The Morgan fingerprint density at radius 2 is 2.36 bits per heavy atom. The smallest absolute Gasteiger partial charge is 0.369 e. The first kappa shape index (κ1) is 12.4. The van der Waals surface area contributed by atoms with E-state index in [1.165, 1.54) is 25.4 Å². The largest absolute Gasteiger partial charge is 0.472 e. The van der Waals surface area contributed by atoms with Crippen LogP contribution in [0.1, 0.15) is 11.3 Å². The van der Waals surface area contributed by atoms with Gasteiger partial charge in [0.25, 0.3) is 0 Å². The van der Waals surface area contributed by atoms with Gasteiger partial charge in [-0.2, -0.15) is 4.68 Å². The Hall–Kier alpha value is -3.37. The van der Waals surface area contributed by atoms with Gasteiger partial charge in [-0.3, -0.25) is 5.09 Å². The molecular formula is C11H11N9O2. The van der Waals surface area contributed by atoms with Crippen LogP contribution in [0.15, 0.2) is 23.6 Å². The quantitative estimate of drug-likeness (QED) is 0.641. The Balaban J connectivity index is 2.01. The zero-order valence-electron chi connectivity index (χ0n) is 12.5. The fraction of sp³-hybridized carbons (Fsp3) is 0.182. The summed E-state index contributed by atoms with van der Waals surface area (Å²) in [6, 6.07) is 1.52. The molecule has 0 aromatic carbocycles. The van der Waals surface area contributed by atoms with E-state index in [1.807, 2.05) is 0 Å². The maximum Gasteiger partial charge on any atom is 0.369 e. The first-order valence-electron chi connectivity index (χ1n) is 6.56. The number of rotatable bonds is 5. The molecule has 0 spiro atoms. The average Bonchev–Trinajstić information content (AvgIpc) is 3.11. The van der Waals surface area contributed by atoms with E-state index in [-0.39, 0.29) is 18.3 Å². The van der Waals surface area contributed by atoms with Crippen LogP contribution in [0.3, 0.4) is 0 Å². The van der Waals surface area contributed by atoms with Crippen molar-refractivity contribution < 1.29 is 6.15 Å². The minimum atomic E-state index is -0.489. The molecule has 22 heavy (non-hydrogen) atoms. The Morgan fingerprint density at radius 3 is 3.00 bits per heavy atom. The topological polar surface area (TPSA) is 129 Å². The number of ether oxygens (including phenoxy) is 1. The lowest BCUT2D eigenvalue weighted by molar-refractivity contribution is 0.291. The molecule has 0 aliphatic carbocycles. The van der Waals surface area contributed by atoms with Crippen molar-refractivity contribution in [2.45, 2.75) is 6.61 Å². The molecule has 0 bridgehead atoms. The summed E-state index contributed by atoms with van der Waals surface area (Å²) in [6.45, 7) is 3.63. The minimum absolute atomic E-state index is 0.0146. The second-order valence-corrected chi connectivity index (χ2v) is 4.14. The lowest BCUT2D eigenvalue weighted by atomic mass is 10.2. The highest BCUT2D eigenvalue weighted by Crippen LogP contribution is 2.15. The highest BCUT2D eigenvalue weighted by atomic mass is 16.5. The van der Waals surface area contributed by atoms with E-state index in [4.69, 9.17) is 6.15 Å². The van der Waals surface area contributed by atoms with E-state index in [0.29, 0.717) is 11.3 Å². The van der Waals surface area contributed by atoms with Crippen LogP contribution in [0.4, 0.5) is 0 Å². The lowest BCUT2D eigenvalue weighted by Gasteiger charge is -2.08. The van der Waals surface area contributed by atoms with Crippen molar-refractivity contribution >= 4 is 6.08 Å². The van der Waals surface area contributed by atoms with E-state index in [0.717, 1.165) is 14.5 Å².